The van der Waals surface area contributed by atoms with Crippen LogP contribution < -0.4 is 25.5 Å². The average molecular weight is 829 g/mol. The molecule has 0 saturated heterocycles. The Bertz CT molecular complexity index is 2940. The van der Waals surface area contributed by atoms with Crippen LogP contribution in [-0.4, -0.2) is 6.71 Å². The molecule has 9 rings (SSSR count). The molecule has 1 aliphatic carbocycles. The van der Waals surface area contributed by atoms with Crippen LogP contribution in [0.5, 0.6) is 0 Å². The van der Waals surface area contributed by atoms with Gasteiger partial charge >= 0.3 is 0 Å². The number of nitrogens with zero attached hydrogens (tertiary/aromatic N) is 2. The Hall–Kier alpha value is -4.28. The van der Waals surface area contributed by atoms with Crippen LogP contribution in [0.15, 0.2) is 84.8 Å². The number of fused-ring (bicyclic) bond motifs is 7. The number of anilines is 6. The molecule has 0 amide bonds. The fourth-order valence-electron chi connectivity index (χ4n) is 10.1. The molecular formula is C57H69BN2S. The molecule has 0 radical (unpaired) electrons. The van der Waals surface area contributed by atoms with Gasteiger partial charge in [0.2, 0.25) is 0 Å². The molecule has 5 aromatic carbocycles. The minimum absolute atomic E-state index is 0.00932. The summed E-state index contributed by atoms with van der Waals surface area (Å²) >= 11 is 1.85. The lowest BCUT2D eigenvalue weighted by atomic mass is 9.36. The summed E-state index contributed by atoms with van der Waals surface area (Å²) in [6.45, 7) is 38.2. The summed E-state index contributed by atoms with van der Waals surface area (Å²) in [5.41, 5.74) is 15.1. The highest BCUT2D eigenvalue weighted by atomic mass is 32.1. The van der Waals surface area contributed by atoms with Crippen molar-refractivity contribution >= 4 is 78.0 Å². The van der Waals surface area contributed by atoms with Gasteiger partial charge in [0.25, 0.3) is 6.71 Å². The molecule has 0 bridgehead atoms. The maximum Gasteiger partial charge on any atom is 0.264 e. The molecule has 1 aromatic heterocycles. The van der Waals surface area contributed by atoms with Crippen LogP contribution in [0.4, 0.5) is 34.1 Å². The van der Waals surface area contributed by atoms with E-state index in [0.29, 0.717) is 11.3 Å². The van der Waals surface area contributed by atoms with Crippen molar-refractivity contribution in [1.82, 2.24) is 0 Å². The number of rotatable bonds is 2. The summed E-state index contributed by atoms with van der Waals surface area (Å²) in [6, 6.07) is 23.9. The summed E-state index contributed by atoms with van der Waals surface area (Å²) < 4.78 is 41.3. The summed E-state index contributed by atoms with van der Waals surface area (Å²) in [5.74, 6) is 0. The Balaban J connectivity index is 1.47. The van der Waals surface area contributed by atoms with Crippen LogP contribution in [0.1, 0.15) is 168 Å². The van der Waals surface area contributed by atoms with Gasteiger partial charge in [0.05, 0.1) is 11.2 Å². The van der Waals surface area contributed by atoms with Crippen molar-refractivity contribution in [3.8, 4) is 0 Å². The predicted octanol–water partition coefficient (Wildman–Crippen LogP) is 14.8. The maximum atomic E-state index is 9.91. The van der Waals surface area contributed by atoms with Crippen molar-refractivity contribution in [3.63, 3.8) is 0 Å². The Labute approximate surface area is 378 Å². The fraction of sp³-hybridized carbons (Fsp3) is 0.439. The minimum Gasteiger partial charge on any atom is -0.311 e. The van der Waals surface area contributed by atoms with E-state index < -0.39 is 5.41 Å². The van der Waals surface area contributed by atoms with E-state index in [1.54, 1.807) is 0 Å². The van der Waals surface area contributed by atoms with Crippen LogP contribution in [-0.2, 0) is 32.5 Å². The first-order chi connectivity index (χ1) is 29.8. The van der Waals surface area contributed by atoms with Gasteiger partial charge in [-0.15, -0.1) is 11.3 Å². The van der Waals surface area contributed by atoms with Crippen LogP contribution in [0, 0.1) is 6.92 Å². The van der Waals surface area contributed by atoms with Gasteiger partial charge in [0, 0.05) is 43.3 Å². The highest BCUT2D eigenvalue weighted by molar-refractivity contribution is 7.33. The quantitative estimate of drug-likeness (QED) is 0.160. The maximum absolute atomic E-state index is 9.91. The Kier molecular flexibility index (Phi) is 8.17. The summed E-state index contributed by atoms with van der Waals surface area (Å²) in [6.07, 6.45) is 2.20. The zero-order valence-electron chi connectivity index (χ0n) is 44.1. The van der Waals surface area contributed by atoms with Crippen LogP contribution >= 0.6 is 11.3 Å². The lowest BCUT2D eigenvalue weighted by molar-refractivity contribution is 0.332. The van der Waals surface area contributed by atoms with Gasteiger partial charge in [-0.25, -0.2) is 0 Å². The summed E-state index contributed by atoms with van der Waals surface area (Å²) in [4.78, 5) is 4.67. The van der Waals surface area contributed by atoms with Gasteiger partial charge in [0.1, 0.15) is 0 Å². The van der Waals surface area contributed by atoms with Crippen LogP contribution in [0.2, 0.25) is 0 Å². The van der Waals surface area contributed by atoms with E-state index in [4.69, 9.17) is 0 Å². The van der Waals surface area contributed by atoms with Crippen molar-refractivity contribution in [3.05, 3.63) is 124 Å². The summed E-state index contributed by atoms with van der Waals surface area (Å²) in [5, 5.41) is 1.11. The number of thiophene rings is 1. The minimum atomic E-state index is -0.588. The van der Waals surface area contributed by atoms with E-state index >= 15 is 0 Å². The second-order valence-electron chi connectivity index (χ2n) is 24.1. The van der Waals surface area contributed by atoms with E-state index in [9.17, 15) is 5.48 Å². The Morgan fingerprint density at radius 3 is 1.62 bits per heavy atom. The van der Waals surface area contributed by atoms with Crippen LogP contribution in [0.3, 0.4) is 0 Å². The van der Waals surface area contributed by atoms with Crippen molar-refractivity contribution in [2.45, 2.75) is 163 Å². The van der Waals surface area contributed by atoms with Gasteiger partial charge in [-0.05, 0) is 157 Å². The van der Waals surface area contributed by atoms with Gasteiger partial charge in [-0.3, -0.25) is 0 Å². The largest absolute Gasteiger partial charge is 0.311 e. The Morgan fingerprint density at radius 1 is 0.557 bits per heavy atom. The molecule has 3 aliphatic rings. The molecule has 0 saturated carbocycles. The zero-order valence-corrected chi connectivity index (χ0v) is 40.9. The van der Waals surface area contributed by atoms with Gasteiger partial charge in [-0.1, -0.05) is 141 Å². The number of aryl methyl sites for hydroxylation is 1. The van der Waals surface area contributed by atoms with E-state index in [0.717, 1.165) is 52.0 Å². The zero-order chi connectivity index (χ0) is 47.6. The van der Waals surface area contributed by atoms with E-state index in [2.05, 4.69) is 167 Å². The predicted molar refractivity (Wildman–Crippen MR) is 271 cm³/mol. The molecule has 2 aliphatic heterocycles. The first-order valence-corrected chi connectivity index (χ1v) is 23.4. The van der Waals surface area contributed by atoms with E-state index in [1.165, 1.54) is 48.4 Å². The van der Waals surface area contributed by atoms with Crippen molar-refractivity contribution in [1.29, 1.82) is 0 Å². The third-order valence-corrected chi connectivity index (χ3v) is 15.3. The number of hydrogen-bond donors (Lipinski definition) is 0. The number of hydrogen-bond acceptors (Lipinski definition) is 3. The molecule has 6 aromatic rings. The molecule has 0 fully saturated rings. The molecule has 3 heterocycles. The van der Waals surface area contributed by atoms with E-state index in [-0.39, 0.29) is 58.0 Å². The molecule has 0 spiro atoms. The fourth-order valence-corrected chi connectivity index (χ4v) is 11.4. The SMILES string of the molecule is [2H]c1c([2H])c(C(C)(C)C)c([2H])c([2H])c1N1c2cc(C)cc3c2B(c2ccc(C(C)(C)C)cc2N3c2cc(C(C)(C)C)cc(C(C)(C)C)c2)c2sc3cc4c(cc3c21)C(C)(C)CCC4(C)C. The van der Waals surface area contributed by atoms with Crippen molar-refractivity contribution < 1.29 is 5.48 Å². The standard InChI is InChI=1S/C57H69BN2S/c1-34-26-46-49-47(27-34)60(39-21-18-35(19-22-39)52(2,3)4)50-41-32-42-43(57(16,17)25-24-56(42,14)15)33-48(41)61-51(50)58(49)44-23-20-36(53(5,6)7)31-45(44)59(46)40-29-37(54(8,9)10)28-38(30-40)55(11,12)13/h18-23,26-33H,24-25H2,1-17H3/i18D,19D,21D,22D. The second-order valence-corrected chi connectivity index (χ2v) is 25.1. The third-order valence-electron chi connectivity index (χ3n) is 14.1. The summed E-state index contributed by atoms with van der Waals surface area (Å²) in [7, 11) is 0. The molecule has 0 N–H and O–H groups in total. The lowest BCUT2D eigenvalue weighted by Crippen LogP contribution is -2.60. The van der Waals surface area contributed by atoms with E-state index in [1.807, 2.05) is 32.1 Å². The average Bonchev–Trinajstić information content (AvgIpc) is 3.55. The molecule has 0 atom stereocenters. The monoisotopic (exact) mass is 829 g/mol. The highest BCUT2D eigenvalue weighted by Crippen LogP contribution is 2.53. The molecule has 61 heavy (non-hydrogen) atoms. The normalized spacial score (nSPS) is 17.9. The second kappa shape index (κ2) is 13.4. The molecular weight excluding hydrogens is 756 g/mol. The van der Waals surface area contributed by atoms with Gasteiger partial charge in [-0.2, -0.15) is 0 Å². The number of benzene rings is 5. The van der Waals surface area contributed by atoms with Crippen LogP contribution in [0.25, 0.3) is 10.1 Å². The third kappa shape index (κ3) is 6.81. The topological polar surface area (TPSA) is 6.48 Å². The van der Waals surface area contributed by atoms with Crippen molar-refractivity contribution in [2.24, 2.45) is 0 Å². The molecule has 4 heteroatoms. The highest BCUT2D eigenvalue weighted by Gasteiger charge is 2.47. The molecule has 316 valence electrons. The molecule has 2 nitrogen and oxygen atoms in total. The first-order valence-electron chi connectivity index (χ1n) is 24.6. The molecule has 0 unspecified atom stereocenters. The lowest BCUT2D eigenvalue weighted by Gasteiger charge is -2.44. The van der Waals surface area contributed by atoms with Gasteiger partial charge in [0.15, 0.2) is 0 Å². The van der Waals surface area contributed by atoms with Crippen molar-refractivity contribution in [2.75, 3.05) is 9.80 Å². The smallest absolute Gasteiger partial charge is 0.264 e. The van der Waals surface area contributed by atoms with Gasteiger partial charge < -0.3 is 9.80 Å². The Morgan fingerprint density at radius 2 is 1.08 bits per heavy atom. The first kappa shape index (κ1) is 37.3.